The van der Waals surface area contributed by atoms with Gasteiger partial charge in [-0.3, -0.25) is 9.00 Å². The molecule has 0 aliphatic rings. The smallest absolute Gasteiger partial charge is 0.327 e. The SMILES string of the molecule is CC(=O)N[C@@H](CS(=O)Cc1c(F)cccc1Cl)C(=O)O. The van der Waals surface area contributed by atoms with E-state index in [2.05, 4.69) is 5.32 Å². The third-order valence-electron chi connectivity index (χ3n) is 2.40. The Hall–Kier alpha value is -1.47. The Morgan fingerprint density at radius 3 is 2.65 bits per heavy atom. The average Bonchev–Trinajstić information content (AvgIpc) is 2.32. The van der Waals surface area contributed by atoms with Crippen LogP contribution in [0.2, 0.25) is 5.02 Å². The Labute approximate surface area is 122 Å². The lowest BCUT2D eigenvalue weighted by Gasteiger charge is -2.13. The average molecular weight is 322 g/mol. The van der Waals surface area contributed by atoms with Gasteiger partial charge in [-0.15, -0.1) is 0 Å². The molecular weight excluding hydrogens is 309 g/mol. The molecule has 0 spiro atoms. The first kappa shape index (κ1) is 16.6. The third-order valence-corrected chi connectivity index (χ3v) is 4.07. The number of hydrogen-bond donors (Lipinski definition) is 2. The van der Waals surface area contributed by atoms with Crippen LogP contribution in [0.25, 0.3) is 0 Å². The molecule has 1 aromatic rings. The number of hydrogen-bond acceptors (Lipinski definition) is 3. The van der Waals surface area contributed by atoms with Crippen LogP contribution < -0.4 is 5.32 Å². The van der Waals surface area contributed by atoms with E-state index >= 15 is 0 Å². The number of carboxylic acids is 1. The monoisotopic (exact) mass is 321 g/mol. The number of carbonyl (C=O) groups excluding carboxylic acids is 1. The molecule has 8 heteroatoms. The highest BCUT2D eigenvalue weighted by atomic mass is 35.5. The molecule has 1 rings (SSSR count). The minimum absolute atomic E-state index is 0.0689. The number of carbonyl (C=O) groups is 2. The summed E-state index contributed by atoms with van der Waals surface area (Å²) in [5, 5.41) is 11.2. The Balaban J connectivity index is 2.76. The Kier molecular flexibility index (Phi) is 6.09. The van der Waals surface area contributed by atoms with Gasteiger partial charge in [0.15, 0.2) is 0 Å². The minimum atomic E-state index is -1.68. The zero-order valence-electron chi connectivity index (χ0n) is 10.6. The van der Waals surface area contributed by atoms with Gasteiger partial charge < -0.3 is 10.4 Å². The fourth-order valence-electron chi connectivity index (χ4n) is 1.50. The molecule has 0 aliphatic heterocycles. The summed E-state index contributed by atoms with van der Waals surface area (Å²) >= 11 is 5.80. The molecule has 110 valence electrons. The summed E-state index contributed by atoms with van der Waals surface area (Å²) < 4.78 is 25.4. The van der Waals surface area contributed by atoms with Gasteiger partial charge in [0, 0.05) is 28.3 Å². The van der Waals surface area contributed by atoms with Crippen LogP contribution in [0.4, 0.5) is 4.39 Å². The van der Waals surface area contributed by atoms with Gasteiger partial charge in [0.25, 0.3) is 0 Å². The second-order valence-electron chi connectivity index (χ2n) is 4.04. The lowest BCUT2D eigenvalue weighted by Crippen LogP contribution is -2.43. The summed E-state index contributed by atoms with van der Waals surface area (Å²) in [7, 11) is -1.68. The van der Waals surface area contributed by atoms with Crippen molar-refractivity contribution in [2.24, 2.45) is 0 Å². The molecule has 2 atom stereocenters. The fourth-order valence-corrected chi connectivity index (χ4v) is 3.14. The normalized spacial score (nSPS) is 13.6. The van der Waals surface area contributed by atoms with E-state index in [1.807, 2.05) is 0 Å². The topological polar surface area (TPSA) is 83.5 Å². The number of benzene rings is 1. The van der Waals surface area contributed by atoms with Crippen molar-refractivity contribution in [3.63, 3.8) is 0 Å². The van der Waals surface area contributed by atoms with Crippen LogP contribution in [-0.2, 0) is 26.1 Å². The zero-order chi connectivity index (χ0) is 15.3. The van der Waals surface area contributed by atoms with Crippen LogP contribution >= 0.6 is 11.6 Å². The van der Waals surface area contributed by atoms with Crippen LogP contribution in [-0.4, -0.2) is 33.0 Å². The Bertz CT molecular complexity index is 532. The maximum Gasteiger partial charge on any atom is 0.327 e. The van der Waals surface area contributed by atoms with Gasteiger partial charge in [0.05, 0.1) is 11.5 Å². The lowest BCUT2D eigenvalue weighted by molar-refractivity contribution is -0.140. The van der Waals surface area contributed by atoms with E-state index in [1.165, 1.54) is 18.2 Å². The quantitative estimate of drug-likeness (QED) is 0.827. The van der Waals surface area contributed by atoms with E-state index < -0.39 is 34.5 Å². The van der Waals surface area contributed by atoms with Crippen molar-refractivity contribution in [3.05, 3.63) is 34.6 Å². The van der Waals surface area contributed by atoms with Crippen molar-refractivity contribution in [3.8, 4) is 0 Å². The largest absolute Gasteiger partial charge is 0.480 e. The van der Waals surface area contributed by atoms with Crippen molar-refractivity contribution in [1.29, 1.82) is 0 Å². The van der Waals surface area contributed by atoms with Crippen LogP contribution in [0.15, 0.2) is 18.2 Å². The molecule has 20 heavy (non-hydrogen) atoms. The van der Waals surface area contributed by atoms with Crippen molar-refractivity contribution in [1.82, 2.24) is 5.32 Å². The summed E-state index contributed by atoms with van der Waals surface area (Å²) in [6, 6.07) is 2.78. The van der Waals surface area contributed by atoms with Gasteiger partial charge in [-0.2, -0.15) is 0 Å². The van der Waals surface area contributed by atoms with Crippen LogP contribution in [0, 0.1) is 5.82 Å². The maximum absolute atomic E-state index is 13.5. The molecule has 0 heterocycles. The summed E-state index contributed by atoms with van der Waals surface area (Å²) in [6.07, 6.45) is 0. The molecule has 0 fully saturated rings. The van der Waals surface area contributed by atoms with Crippen molar-refractivity contribution in [2.45, 2.75) is 18.7 Å². The first-order valence-corrected chi connectivity index (χ1v) is 7.45. The molecular formula is C12H13ClFNO4S. The lowest BCUT2D eigenvalue weighted by atomic mass is 10.2. The predicted molar refractivity (Wildman–Crippen MR) is 73.4 cm³/mol. The summed E-state index contributed by atoms with van der Waals surface area (Å²) in [5.41, 5.74) is 0.0689. The first-order chi connectivity index (χ1) is 9.31. The van der Waals surface area contributed by atoms with E-state index in [9.17, 15) is 18.2 Å². The summed E-state index contributed by atoms with van der Waals surface area (Å²) in [6.45, 7) is 1.16. The van der Waals surface area contributed by atoms with Crippen LogP contribution in [0.1, 0.15) is 12.5 Å². The third kappa shape index (κ3) is 4.90. The van der Waals surface area contributed by atoms with E-state index in [0.29, 0.717) is 0 Å². The Morgan fingerprint density at radius 1 is 1.50 bits per heavy atom. The highest BCUT2D eigenvalue weighted by Crippen LogP contribution is 2.20. The highest BCUT2D eigenvalue weighted by molar-refractivity contribution is 7.84. The Morgan fingerprint density at radius 2 is 2.15 bits per heavy atom. The van der Waals surface area contributed by atoms with Gasteiger partial charge in [-0.05, 0) is 12.1 Å². The van der Waals surface area contributed by atoms with Gasteiger partial charge >= 0.3 is 5.97 Å². The summed E-state index contributed by atoms with van der Waals surface area (Å²) in [4.78, 5) is 21.8. The zero-order valence-corrected chi connectivity index (χ0v) is 12.1. The fraction of sp³-hybridized carbons (Fsp3) is 0.333. The second-order valence-corrected chi connectivity index (χ2v) is 5.95. The maximum atomic E-state index is 13.5. The van der Waals surface area contributed by atoms with Crippen molar-refractivity contribution in [2.75, 3.05) is 5.75 Å². The van der Waals surface area contributed by atoms with Crippen molar-refractivity contribution >= 4 is 34.3 Å². The summed E-state index contributed by atoms with van der Waals surface area (Å²) in [5.74, 6) is -2.97. The van der Waals surface area contributed by atoms with E-state index in [0.717, 1.165) is 6.92 Å². The van der Waals surface area contributed by atoms with Gasteiger partial charge in [0.2, 0.25) is 5.91 Å². The molecule has 1 aromatic carbocycles. The van der Waals surface area contributed by atoms with E-state index in [1.54, 1.807) is 0 Å². The second kappa shape index (κ2) is 7.35. The van der Waals surface area contributed by atoms with Crippen molar-refractivity contribution < 1.29 is 23.3 Å². The molecule has 0 aliphatic carbocycles. The standard InChI is InChI=1S/C12H13ClFNO4S/c1-7(16)15-11(12(17)18)6-20(19)5-8-9(13)3-2-4-10(8)14/h2-4,11H,5-6H2,1H3,(H,15,16)(H,17,18)/t11-,20?/m0/s1. The van der Waals surface area contributed by atoms with Gasteiger partial charge in [-0.1, -0.05) is 17.7 Å². The molecule has 1 amide bonds. The number of halogens is 2. The minimum Gasteiger partial charge on any atom is -0.480 e. The molecule has 1 unspecified atom stereocenters. The number of rotatable bonds is 6. The molecule has 5 nitrogen and oxygen atoms in total. The molecule has 0 bridgehead atoms. The van der Waals surface area contributed by atoms with Crippen LogP contribution in [0.5, 0.6) is 0 Å². The molecule has 0 aromatic heterocycles. The predicted octanol–water partition coefficient (Wildman–Crippen LogP) is 1.32. The molecule has 0 saturated heterocycles. The van der Waals surface area contributed by atoms with Gasteiger partial charge in [-0.25, -0.2) is 9.18 Å². The number of carboxylic acid groups (broad SMARTS) is 1. The van der Waals surface area contributed by atoms with E-state index in [-0.39, 0.29) is 22.1 Å². The molecule has 2 N–H and O–H groups in total. The number of nitrogens with one attached hydrogen (secondary N) is 1. The molecule has 0 radical (unpaired) electrons. The highest BCUT2D eigenvalue weighted by Gasteiger charge is 2.22. The first-order valence-electron chi connectivity index (χ1n) is 5.59. The van der Waals surface area contributed by atoms with Crippen LogP contribution in [0.3, 0.4) is 0 Å². The number of aliphatic carboxylic acids is 1. The molecule has 0 saturated carbocycles. The number of amides is 1. The van der Waals surface area contributed by atoms with E-state index in [4.69, 9.17) is 16.7 Å². The van der Waals surface area contributed by atoms with Gasteiger partial charge in [0.1, 0.15) is 11.9 Å².